The number of para-hydroxylation sites is 1. The Morgan fingerprint density at radius 2 is 1.83 bits per heavy atom. The van der Waals surface area contributed by atoms with Gasteiger partial charge in [-0.3, -0.25) is 9.20 Å². The minimum absolute atomic E-state index is 0. The van der Waals surface area contributed by atoms with Crippen LogP contribution >= 0.6 is 24.0 Å². The van der Waals surface area contributed by atoms with Crippen LogP contribution in [0.5, 0.6) is 5.75 Å². The molecule has 0 saturated carbocycles. The quantitative estimate of drug-likeness (QED) is 0.166. The van der Waals surface area contributed by atoms with Crippen molar-refractivity contribution < 1.29 is 9.90 Å². The highest BCUT2D eigenvalue weighted by molar-refractivity contribution is 14.0. The predicted molar refractivity (Wildman–Crippen MR) is 122 cm³/mol. The van der Waals surface area contributed by atoms with Gasteiger partial charge in [-0.15, -0.1) is 34.2 Å². The second kappa shape index (κ2) is 11.2. The van der Waals surface area contributed by atoms with Crippen molar-refractivity contribution in [2.24, 2.45) is 4.99 Å². The molecule has 0 unspecified atom stereocenters. The maximum absolute atomic E-state index is 12.1. The van der Waals surface area contributed by atoms with Gasteiger partial charge in [-0.1, -0.05) is 18.2 Å². The number of aliphatic imine (C=N–C) groups is 1. The fraction of sp³-hybridized carbons (Fsp3) is 0.263. The molecular formula is C19H24IN7O2. The molecule has 10 heteroatoms. The molecule has 0 aliphatic heterocycles. The van der Waals surface area contributed by atoms with Crippen molar-refractivity contribution in [1.82, 2.24) is 30.5 Å². The Bertz CT molecular complexity index is 974. The van der Waals surface area contributed by atoms with Crippen LogP contribution in [0, 0.1) is 0 Å². The van der Waals surface area contributed by atoms with E-state index >= 15 is 0 Å². The molecule has 0 radical (unpaired) electrons. The molecule has 2 aromatic heterocycles. The minimum atomic E-state index is -0.322. The number of fused-ring (bicyclic) bond motifs is 1. The highest BCUT2D eigenvalue weighted by Crippen LogP contribution is 2.14. The lowest BCUT2D eigenvalue weighted by Crippen LogP contribution is -2.41. The molecule has 9 nitrogen and oxygen atoms in total. The Labute approximate surface area is 185 Å². The van der Waals surface area contributed by atoms with Crippen LogP contribution in [0.1, 0.15) is 23.1 Å². The normalized spacial score (nSPS) is 11.0. The van der Waals surface area contributed by atoms with E-state index in [9.17, 15) is 9.90 Å². The summed E-state index contributed by atoms with van der Waals surface area (Å²) in [6, 6.07) is 12.1. The van der Waals surface area contributed by atoms with Gasteiger partial charge in [-0.25, -0.2) is 4.99 Å². The van der Waals surface area contributed by atoms with Gasteiger partial charge in [0.15, 0.2) is 17.4 Å². The highest BCUT2D eigenvalue weighted by Gasteiger charge is 2.09. The number of pyridine rings is 1. The average Bonchev–Trinajstić information content (AvgIpc) is 3.12. The Kier molecular flexibility index (Phi) is 8.65. The van der Waals surface area contributed by atoms with E-state index in [1.165, 1.54) is 6.07 Å². The van der Waals surface area contributed by atoms with Crippen LogP contribution < -0.4 is 16.0 Å². The molecule has 4 N–H and O–H groups in total. The lowest BCUT2D eigenvalue weighted by molar-refractivity contribution is 0.0951. The third-order valence-electron chi connectivity index (χ3n) is 3.96. The molecule has 29 heavy (non-hydrogen) atoms. The molecule has 0 aliphatic carbocycles. The van der Waals surface area contributed by atoms with E-state index in [0.29, 0.717) is 32.1 Å². The summed E-state index contributed by atoms with van der Waals surface area (Å²) in [5, 5.41) is 27.0. The topological polar surface area (TPSA) is 116 Å². The molecule has 2 heterocycles. The number of halogens is 1. The second-order valence-corrected chi connectivity index (χ2v) is 5.94. The summed E-state index contributed by atoms with van der Waals surface area (Å²) >= 11 is 0. The third kappa shape index (κ3) is 6.04. The van der Waals surface area contributed by atoms with Crippen molar-refractivity contribution in [3.05, 3.63) is 60.0 Å². The molecule has 0 aliphatic rings. The summed E-state index contributed by atoms with van der Waals surface area (Å²) in [4.78, 5) is 16.6. The summed E-state index contributed by atoms with van der Waals surface area (Å²) < 4.78 is 1.89. The maximum Gasteiger partial charge on any atom is 0.255 e. The maximum atomic E-state index is 12.1. The van der Waals surface area contributed by atoms with E-state index in [1.54, 1.807) is 18.2 Å². The predicted octanol–water partition coefficient (Wildman–Crippen LogP) is 1.54. The molecule has 1 aromatic carbocycles. The van der Waals surface area contributed by atoms with Crippen molar-refractivity contribution in [1.29, 1.82) is 0 Å². The van der Waals surface area contributed by atoms with Crippen LogP contribution in [0.15, 0.2) is 53.7 Å². The third-order valence-corrected chi connectivity index (χ3v) is 3.96. The molecule has 0 saturated heterocycles. The van der Waals surface area contributed by atoms with Gasteiger partial charge in [0.2, 0.25) is 0 Å². The number of guanidine groups is 1. The first-order chi connectivity index (χ1) is 13.7. The van der Waals surface area contributed by atoms with Gasteiger partial charge in [-0.05, 0) is 31.2 Å². The van der Waals surface area contributed by atoms with E-state index in [4.69, 9.17) is 0 Å². The smallest absolute Gasteiger partial charge is 0.255 e. The molecule has 0 fully saturated rings. The molecule has 0 bridgehead atoms. The number of amides is 1. The fourth-order valence-corrected chi connectivity index (χ4v) is 2.61. The van der Waals surface area contributed by atoms with Crippen molar-refractivity contribution in [3.63, 3.8) is 0 Å². The first-order valence-electron chi connectivity index (χ1n) is 9.06. The summed E-state index contributed by atoms with van der Waals surface area (Å²) in [6.45, 7) is 3.91. The minimum Gasteiger partial charge on any atom is -0.507 e. The zero-order chi connectivity index (χ0) is 19.8. The average molecular weight is 509 g/mol. The Morgan fingerprint density at radius 3 is 2.62 bits per heavy atom. The number of phenolic OH excluding ortho intramolecular Hbond substituents is 1. The molecule has 0 atom stereocenters. The number of nitrogens with one attached hydrogen (secondary N) is 3. The Balaban J connectivity index is 0.00000300. The van der Waals surface area contributed by atoms with Gasteiger partial charge in [0, 0.05) is 25.8 Å². The second-order valence-electron chi connectivity index (χ2n) is 5.94. The SMILES string of the molecule is CCNC(=NCc1nnc2ccccn12)NCCNC(=O)c1ccccc1O.I. The van der Waals surface area contributed by atoms with E-state index in [2.05, 4.69) is 31.1 Å². The molecule has 1 amide bonds. The number of benzene rings is 1. The van der Waals surface area contributed by atoms with Crippen molar-refractivity contribution in [2.75, 3.05) is 19.6 Å². The first kappa shape index (κ1) is 22.4. The molecule has 3 rings (SSSR count). The van der Waals surface area contributed by atoms with Gasteiger partial charge in [0.1, 0.15) is 12.3 Å². The van der Waals surface area contributed by atoms with Crippen molar-refractivity contribution in [2.45, 2.75) is 13.5 Å². The number of hydrogen-bond donors (Lipinski definition) is 4. The number of carbonyl (C=O) groups excluding carboxylic acids is 1. The highest BCUT2D eigenvalue weighted by atomic mass is 127. The fourth-order valence-electron chi connectivity index (χ4n) is 2.61. The van der Waals surface area contributed by atoms with Gasteiger partial charge in [-0.2, -0.15) is 0 Å². The molecular weight excluding hydrogens is 485 g/mol. The summed E-state index contributed by atoms with van der Waals surface area (Å²) in [5.41, 5.74) is 1.03. The molecule has 3 aromatic rings. The van der Waals surface area contributed by atoms with Crippen LogP contribution in [0.25, 0.3) is 5.65 Å². The first-order valence-corrected chi connectivity index (χ1v) is 9.06. The number of hydrogen-bond acceptors (Lipinski definition) is 5. The van der Waals surface area contributed by atoms with E-state index < -0.39 is 0 Å². The summed E-state index contributed by atoms with van der Waals surface area (Å²) in [7, 11) is 0. The van der Waals surface area contributed by atoms with Gasteiger partial charge in [0.05, 0.1) is 5.56 Å². The largest absolute Gasteiger partial charge is 0.507 e. The number of phenols is 1. The van der Waals surface area contributed by atoms with Crippen LogP contribution in [-0.2, 0) is 6.54 Å². The Hall–Kier alpha value is -2.89. The number of carbonyl (C=O) groups is 1. The summed E-state index contributed by atoms with van der Waals surface area (Å²) in [5.74, 6) is 0.993. The van der Waals surface area contributed by atoms with E-state index in [1.807, 2.05) is 35.7 Å². The van der Waals surface area contributed by atoms with Crippen LogP contribution in [-0.4, -0.2) is 51.2 Å². The molecule has 154 valence electrons. The number of aromatic hydroxyl groups is 1. The van der Waals surface area contributed by atoms with Crippen molar-refractivity contribution in [3.8, 4) is 5.75 Å². The summed E-state index contributed by atoms with van der Waals surface area (Å²) in [6.07, 6.45) is 1.90. The number of rotatable bonds is 7. The lowest BCUT2D eigenvalue weighted by atomic mass is 10.2. The Morgan fingerprint density at radius 1 is 1.07 bits per heavy atom. The number of aromatic nitrogens is 3. The molecule has 0 spiro atoms. The van der Waals surface area contributed by atoms with E-state index in [-0.39, 0.29) is 41.2 Å². The van der Waals surface area contributed by atoms with Crippen LogP contribution in [0.3, 0.4) is 0 Å². The zero-order valence-corrected chi connectivity index (χ0v) is 18.3. The monoisotopic (exact) mass is 509 g/mol. The van der Waals surface area contributed by atoms with Crippen LogP contribution in [0.4, 0.5) is 0 Å². The lowest BCUT2D eigenvalue weighted by Gasteiger charge is -2.12. The van der Waals surface area contributed by atoms with Gasteiger partial charge < -0.3 is 21.1 Å². The van der Waals surface area contributed by atoms with Gasteiger partial charge >= 0.3 is 0 Å². The van der Waals surface area contributed by atoms with Crippen molar-refractivity contribution >= 4 is 41.5 Å². The van der Waals surface area contributed by atoms with Crippen LogP contribution in [0.2, 0.25) is 0 Å². The zero-order valence-electron chi connectivity index (χ0n) is 16.0. The number of nitrogens with zero attached hydrogens (tertiary/aromatic N) is 4. The standard InChI is InChI=1S/C19H23N7O2.HI/c1-2-20-19(23-13-17-25-24-16-9-5-6-12-26(16)17)22-11-10-21-18(28)14-7-3-4-8-15(14)27;/h3-9,12,27H,2,10-11,13H2,1H3,(H,21,28)(H2,20,22,23);1H. The van der Waals surface area contributed by atoms with E-state index in [0.717, 1.165) is 11.5 Å². The van der Waals surface area contributed by atoms with Gasteiger partial charge in [0.25, 0.3) is 5.91 Å².